The molecular formula is C15H16F2N2. The van der Waals surface area contributed by atoms with Crippen molar-refractivity contribution in [2.75, 3.05) is 11.9 Å². The summed E-state index contributed by atoms with van der Waals surface area (Å²) in [5, 5.41) is 0. The second-order valence-electron chi connectivity index (χ2n) is 4.50. The summed E-state index contributed by atoms with van der Waals surface area (Å²) >= 11 is 0. The number of hydrogen-bond acceptors (Lipinski definition) is 2. The van der Waals surface area contributed by atoms with Crippen LogP contribution in [0.4, 0.5) is 20.2 Å². The number of anilines is 2. The summed E-state index contributed by atoms with van der Waals surface area (Å²) in [4.78, 5) is 1.67. The van der Waals surface area contributed by atoms with E-state index in [-0.39, 0.29) is 17.7 Å². The molecule has 0 saturated carbocycles. The molecule has 0 fully saturated rings. The summed E-state index contributed by atoms with van der Waals surface area (Å²) < 4.78 is 27.1. The molecule has 0 saturated heterocycles. The van der Waals surface area contributed by atoms with Gasteiger partial charge in [0, 0.05) is 18.8 Å². The van der Waals surface area contributed by atoms with Gasteiger partial charge in [-0.1, -0.05) is 12.1 Å². The Balaban J connectivity index is 2.50. The van der Waals surface area contributed by atoms with Crippen LogP contribution in [0.5, 0.6) is 0 Å². The highest BCUT2D eigenvalue weighted by molar-refractivity contribution is 5.66. The van der Waals surface area contributed by atoms with Gasteiger partial charge in [0.2, 0.25) is 0 Å². The summed E-state index contributed by atoms with van der Waals surface area (Å²) in [6.45, 7) is 1.77. The van der Waals surface area contributed by atoms with E-state index in [9.17, 15) is 8.78 Å². The van der Waals surface area contributed by atoms with E-state index in [0.29, 0.717) is 16.9 Å². The molecule has 2 aromatic carbocycles. The summed E-state index contributed by atoms with van der Waals surface area (Å²) in [5.41, 5.74) is 7.62. The maximum atomic E-state index is 13.8. The summed E-state index contributed by atoms with van der Waals surface area (Å²) in [6.07, 6.45) is 0. The lowest BCUT2D eigenvalue weighted by Crippen LogP contribution is -2.17. The van der Waals surface area contributed by atoms with Gasteiger partial charge in [-0.2, -0.15) is 0 Å². The molecule has 19 heavy (non-hydrogen) atoms. The topological polar surface area (TPSA) is 29.3 Å². The Hall–Kier alpha value is -1.94. The minimum atomic E-state index is -0.349. The predicted octanol–water partition coefficient (Wildman–Crippen LogP) is 3.75. The quantitative estimate of drug-likeness (QED) is 0.912. The highest BCUT2D eigenvalue weighted by Gasteiger charge is 2.15. The van der Waals surface area contributed by atoms with Gasteiger partial charge in [-0.05, 0) is 42.8 Å². The average Bonchev–Trinajstić information content (AvgIpc) is 2.38. The molecule has 1 atom stereocenters. The van der Waals surface area contributed by atoms with Crippen LogP contribution in [0.25, 0.3) is 0 Å². The molecule has 2 nitrogen and oxygen atoms in total. The molecule has 0 aliphatic rings. The van der Waals surface area contributed by atoms with Gasteiger partial charge in [0.25, 0.3) is 0 Å². The molecule has 0 aromatic heterocycles. The zero-order valence-electron chi connectivity index (χ0n) is 10.9. The van der Waals surface area contributed by atoms with Crippen molar-refractivity contribution < 1.29 is 8.78 Å². The van der Waals surface area contributed by atoms with Crippen molar-refractivity contribution in [3.8, 4) is 0 Å². The Morgan fingerprint density at radius 1 is 1.05 bits per heavy atom. The first-order valence-electron chi connectivity index (χ1n) is 6.04. The first-order chi connectivity index (χ1) is 9.00. The Bertz CT molecular complexity index is 582. The lowest BCUT2D eigenvalue weighted by Gasteiger charge is -2.24. The number of nitrogens with zero attached hydrogens (tertiary/aromatic N) is 1. The fraction of sp³-hybridized carbons (Fsp3) is 0.200. The van der Waals surface area contributed by atoms with E-state index in [1.54, 1.807) is 43.1 Å². The van der Waals surface area contributed by atoms with Crippen LogP contribution >= 0.6 is 0 Å². The Morgan fingerprint density at radius 3 is 2.37 bits per heavy atom. The fourth-order valence-corrected chi connectivity index (χ4v) is 2.05. The molecule has 0 heterocycles. The van der Waals surface area contributed by atoms with Crippen molar-refractivity contribution in [3.05, 3.63) is 59.7 Å². The molecular weight excluding hydrogens is 246 g/mol. The van der Waals surface area contributed by atoms with Crippen molar-refractivity contribution in [3.63, 3.8) is 0 Å². The van der Waals surface area contributed by atoms with Crippen LogP contribution in [-0.4, -0.2) is 7.05 Å². The van der Waals surface area contributed by atoms with E-state index in [0.717, 1.165) is 0 Å². The first kappa shape index (κ1) is 13.5. The smallest absolute Gasteiger partial charge is 0.146 e. The standard InChI is InChI=1S/C15H16F2N2/c1-10(18)12-9-11(16)7-8-14(12)19(2)15-6-4-3-5-13(15)17/h3-10H,18H2,1-2H3/t10-/m0/s1. The van der Waals surface area contributed by atoms with Gasteiger partial charge < -0.3 is 10.6 Å². The van der Waals surface area contributed by atoms with Gasteiger partial charge in [0.1, 0.15) is 11.6 Å². The minimum Gasteiger partial charge on any atom is -0.342 e. The SMILES string of the molecule is C[C@H](N)c1cc(F)ccc1N(C)c1ccccc1F. The van der Waals surface area contributed by atoms with Gasteiger partial charge in [-0.15, -0.1) is 0 Å². The van der Waals surface area contributed by atoms with E-state index in [1.165, 1.54) is 18.2 Å². The van der Waals surface area contributed by atoms with Crippen molar-refractivity contribution in [1.82, 2.24) is 0 Å². The Morgan fingerprint density at radius 2 is 1.74 bits per heavy atom. The van der Waals surface area contributed by atoms with Crippen LogP contribution in [0.3, 0.4) is 0 Å². The normalized spacial score (nSPS) is 12.3. The van der Waals surface area contributed by atoms with Crippen LogP contribution < -0.4 is 10.6 Å². The Kier molecular flexibility index (Phi) is 3.81. The highest BCUT2D eigenvalue weighted by atomic mass is 19.1. The number of benzene rings is 2. The molecule has 0 unspecified atom stereocenters. The van der Waals surface area contributed by atoms with E-state index in [4.69, 9.17) is 5.73 Å². The predicted molar refractivity (Wildman–Crippen MR) is 73.5 cm³/mol. The highest BCUT2D eigenvalue weighted by Crippen LogP contribution is 2.31. The number of rotatable bonds is 3. The van der Waals surface area contributed by atoms with Crippen LogP contribution in [0.1, 0.15) is 18.5 Å². The van der Waals surface area contributed by atoms with Gasteiger partial charge >= 0.3 is 0 Å². The molecule has 0 radical (unpaired) electrons. The summed E-state index contributed by atoms with van der Waals surface area (Å²) in [6, 6.07) is 10.5. The van der Waals surface area contributed by atoms with Crippen molar-refractivity contribution in [2.24, 2.45) is 5.73 Å². The first-order valence-corrected chi connectivity index (χ1v) is 6.04. The van der Waals surface area contributed by atoms with Crippen LogP contribution in [0, 0.1) is 11.6 Å². The van der Waals surface area contributed by atoms with Crippen LogP contribution in [0.15, 0.2) is 42.5 Å². The maximum Gasteiger partial charge on any atom is 0.146 e. The molecule has 2 rings (SSSR count). The van der Waals surface area contributed by atoms with Crippen LogP contribution in [-0.2, 0) is 0 Å². The molecule has 4 heteroatoms. The number of nitrogens with two attached hydrogens (primary N) is 1. The van der Waals surface area contributed by atoms with E-state index in [2.05, 4.69) is 0 Å². The molecule has 0 aliphatic heterocycles. The van der Waals surface area contributed by atoms with Gasteiger partial charge in [-0.25, -0.2) is 8.78 Å². The third-order valence-electron chi connectivity index (χ3n) is 3.06. The third kappa shape index (κ3) is 2.74. The van der Waals surface area contributed by atoms with Crippen molar-refractivity contribution in [1.29, 1.82) is 0 Å². The van der Waals surface area contributed by atoms with Gasteiger partial charge in [-0.3, -0.25) is 0 Å². The number of para-hydroxylation sites is 1. The van der Waals surface area contributed by atoms with E-state index in [1.807, 2.05) is 0 Å². The molecule has 2 N–H and O–H groups in total. The zero-order chi connectivity index (χ0) is 14.0. The second kappa shape index (κ2) is 5.36. The van der Waals surface area contributed by atoms with Gasteiger partial charge in [0.15, 0.2) is 0 Å². The molecule has 0 spiro atoms. The summed E-state index contributed by atoms with van der Waals surface area (Å²) in [5.74, 6) is -0.678. The molecule has 0 bridgehead atoms. The Labute approximate surface area is 111 Å². The largest absolute Gasteiger partial charge is 0.342 e. The monoisotopic (exact) mass is 262 g/mol. The summed E-state index contributed by atoms with van der Waals surface area (Å²) in [7, 11) is 1.73. The molecule has 0 amide bonds. The average molecular weight is 262 g/mol. The third-order valence-corrected chi connectivity index (χ3v) is 3.06. The lowest BCUT2D eigenvalue weighted by atomic mass is 10.1. The lowest BCUT2D eigenvalue weighted by molar-refractivity contribution is 0.621. The minimum absolute atomic E-state index is 0.329. The van der Waals surface area contributed by atoms with Gasteiger partial charge in [0.05, 0.1) is 5.69 Å². The van der Waals surface area contributed by atoms with Crippen molar-refractivity contribution >= 4 is 11.4 Å². The van der Waals surface area contributed by atoms with E-state index >= 15 is 0 Å². The fourth-order valence-electron chi connectivity index (χ4n) is 2.05. The van der Waals surface area contributed by atoms with Crippen molar-refractivity contribution in [2.45, 2.75) is 13.0 Å². The maximum absolute atomic E-state index is 13.8. The molecule has 2 aromatic rings. The number of halogens is 2. The van der Waals surface area contributed by atoms with Crippen LogP contribution in [0.2, 0.25) is 0 Å². The molecule has 0 aliphatic carbocycles. The van der Waals surface area contributed by atoms with E-state index < -0.39 is 0 Å². The zero-order valence-corrected chi connectivity index (χ0v) is 10.9. The molecule has 100 valence electrons. The second-order valence-corrected chi connectivity index (χ2v) is 4.50. The number of hydrogen-bond donors (Lipinski definition) is 1.